The average Bonchev–Trinajstić information content (AvgIpc) is 2.97. The van der Waals surface area contributed by atoms with E-state index in [1.165, 1.54) is 0 Å². The smallest absolute Gasteiger partial charge is 0.211 e. The van der Waals surface area contributed by atoms with Crippen molar-refractivity contribution in [1.82, 2.24) is 0 Å². The topological polar surface area (TPSA) is 29.4 Å². The Morgan fingerprint density at radius 1 is 1.47 bits per heavy atom. The highest BCUT2D eigenvalue weighted by Gasteiger charge is 2.44. The number of aliphatic imine (C=N–C) groups is 1. The van der Waals surface area contributed by atoms with Crippen molar-refractivity contribution in [3.05, 3.63) is 35.4 Å². The zero-order chi connectivity index (χ0) is 12.5. The number of carbonyl (C=O) groups excluding carboxylic acids is 1. The third-order valence-corrected chi connectivity index (χ3v) is 2.96. The van der Waals surface area contributed by atoms with Gasteiger partial charge in [0.25, 0.3) is 0 Å². The molecule has 0 N–H and O–H groups in total. The maximum absolute atomic E-state index is 12.9. The number of nitrogens with zero attached hydrogens (tertiary/aromatic N) is 1. The van der Waals surface area contributed by atoms with E-state index in [9.17, 15) is 13.6 Å². The first-order valence-corrected chi connectivity index (χ1v) is 5.51. The van der Waals surface area contributed by atoms with Crippen LogP contribution >= 0.6 is 0 Å². The van der Waals surface area contributed by atoms with E-state index >= 15 is 0 Å². The number of rotatable bonds is 4. The third kappa shape index (κ3) is 2.77. The van der Waals surface area contributed by atoms with Gasteiger partial charge in [0, 0.05) is 6.42 Å². The second-order valence-electron chi connectivity index (χ2n) is 4.68. The molecule has 1 aliphatic rings. The van der Waals surface area contributed by atoms with Crippen LogP contribution < -0.4 is 0 Å². The molecule has 0 atom stereocenters. The summed E-state index contributed by atoms with van der Waals surface area (Å²) in [6.07, 6.45) is 2.85. The zero-order valence-corrected chi connectivity index (χ0v) is 9.54. The van der Waals surface area contributed by atoms with Crippen LogP contribution in [0.3, 0.4) is 0 Å². The van der Waals surface area contributed by atoms with Gasteiger partial charge in [0.2, 0.25) is 12.0 Å². The Bertz CT molecular complexity index is 469. The zero-order valence-electron chi connectivity index (χ0n) is 9.54. The Morgan fingerprint density at radius 3 is 2.71 bits per heavy atom. The standard InChI is InChI=1S/C13H13F2NO/c1-12(14,15)8-10-3-2-4-11(7-10)13(5-6-13)16-9-17/h2-4,7H,5-6,8H2,1H3. The molecule has 1 fully saturated rings. The van der Waals surface area contributed by atoms with Crippen LogP contribution in [-0.4, -0.2) is 12.0 Å². The van der Waals surface area contributed by atoms with Crippen LogP contribution in [0, 0.1) is 0 Å². The fourth-order valence-corrected chi connectivity index (χ4v) is 2.00. The number of alkyl halides is 2. The van der Waals surface area contributed by atoms with Crippen LogP contribution in [0.2, 0.25) is 0 Å². The van der Waals surface area contributed by atoms with Crippen LogP contribution in [-0.2, 0) is 16.8 Å². The van der Waals surface area contributed by atoms with Crippen molar-refractivity contribution < 1.29 is 13.6 Å². The Morgan fingerprint density at radius 2 is 2.18 bits per heavy atom. The Kier molecular flexibility index (Phi) is 2.84. The van der Waals surface area contributed by atoms with Gasteiger partial charge in [0.1, 0.15) is 0 Å². The van der Waals surface area contributed by atoms with Crippen LogP contribution in [0.15, 0.2) is 29.3 Å². The first kappa shape index (κ1) is 11.9. The van der Waals surface area contributed by atoms with Gasteiger partial charge in [-0.1, -0.05) is 24.3 Å². The van der Waals surface area contributed by atoms with Crippen LogP contribution in [0.1, 0.15) is 30.9 Å². The molecule has 1 aromatic rings. The summed E-state index contributed by atoms with van der Waals surface area (Å²) in [6, 6.07) is 6.94. The van der Waals surface area contributed by atoms with Gasteiger partial charge in [0.05, 0.1) is 5.54 Å². The Hall–Kier alpha value is -1.54. The molecule has 1 aromatic carbocycles. The second-order valence-corrected chi connectivity index (χ2v) is 4.68. The van der Waals surface area contributed by atoms with Crippen molar-refractivity contribution in [2.24, 2.45) is 4.99 Å². The van der Waals surface area contributed by atoms with E-state index in [2.05, 4.69) is 4.99 Å². The lowest BCUT2D eigenvalue weighted by Gasteiger charge is -2.13. The highest BCUT2D eigenvalue weighted by molar-refractivity contribution is 5.42. The summed E-state index contributed by atoms with van der Waals surface area (Å²) in [4.78, 5) is 14.1. The van der Waals surface area contributed by atoms with Gasteiger partial charge < -0.3 is 0 Å². The molecule has 0 unspecified atom stereocenters. The molecule has 0 heterocycles. The van der Waals surface area contributed by atoms with Gasteiger partial charge in [-0.2, -0.15) is 4.99 Å². The van der Waals surface area contributed by atoms with Gasteiger partial charge in [-0.15, -0.1) is 0 Å². The molecule has 2 nitrogen and oxygen atoms in total. The molecule has 1 saturated carbocycles. The molecule has 2 rings (SSSR count). The van der Waals surface area contributed by atoms with Gasteiger partial charge in [-0.3, -0.25) is 0 Å². The molecule has 1 aliphatic carbocycles. The minimum Gasteiger partial charge on any atom is -0.211 e. The molecule has 4 heteroatoms. The lowest BCUT2D eigenvalue weighted by Crippen LogP contribution is -2.14. The largest absolute Gasteiger partial charge is 0.249 e. The van der Waals surface area contributed by atoms with E-state index in [1.54, 1.807) is 24.3 Å². The van der Waals surface area contributed by atoms with Crippen LogP contribution in [0.25, 0.3) is 0 Å². The van der Waals surface area contributed by atoms with Gasteiger partial charge in [0.15, 0.2) is 0 Å². The SMILES string of the molecule is CC(F)(F)Cc1cccc(C2(N=C=O)CC2)c1. The summed E-state index contributed by atoms with van der Waals surface area (Å²) in [6.45, 7) is 0.899. The minimum absolute atomic E-state index is 0.290. The predicted molar refractivity (Wildman–Crippen MR) is 59.8 cm³/mol. The lowest BCUT2D eigenvalue weighted by molar-refractivity contribution is 0.0226. The van der Waals surface area contributed by atoms with Crippen molar-refractivity contribution in [3.63, 3.8) is 0 Å². The van der Waals surface area contributed by atoms with Gasteiger partial charge in [-0.25, -0.2) is 13.6 Å². The van der Waals surface area contributed by atoms with E-state index in [0.29, 0.717) is 5.56 Å². The third-order valence-electron chi connectivity index (χ3n) is 2.96. The van der Waals surface area contributed by atoms with E-state index < -0.39 is 11.5 Å². The molecule has 90 valence electrons. The average molecular weight is 237 g/mol. The monoisotopic (exact) mass is 237 g/mol. The Labute approximate surface area is 98.4 Å². The van der Waals surface area contributed by atoms with E-state index in [4.69, 9.17) is 0 Å². The summed E-state index contributed by atoms with van der Waals surface area (Å²) in [5.74, 6) is -2.72. The normalized spacial score (nSPS) is 17.4. The van der Waals surface area contributed by atoms with E-state index in [0.717, 1.165) is 25.3 Å². The fourth-order valence-electron chi connectivity index (χ4n) is 2.00. The van der Waals surface area contributed by atoms with Crippen molar-refractivity contribution in [2.45, 2.75) is 37.6 Å². The molecular weight excluding hydrogens is 224 g/mol. The molecule has 0 amide bonds. The minimum atomic E-state index is -2.72. The summed E-state index contributed by atoms with van der Waals surface area (Å²) in [5, 5.41) is 0. The molecule has 0 spiro atoms. The van der Waals surface area contributed by atoms with E-state index in [1.807, 2.05) is 6.07 Å². The highest BCUT2D eigenvalue weighted by atomic mass is 19.3. The summed E-state index contributed by atoms with van der Waals surface area (Å²) >= 11 is 0. The summed E-state index contributed by atoms with van der Waals surface area (Å²) in [7, 11) is 0. The van der Waals surface area contributed by atoms with Crippen LogP contribution in [0.4, 0.5) is 8.78 Å². The molecule has 0 bridgehead atoms. The number of halogens is 2. The lowest BCUT2D eigenvalue weighted by atomic mass is 10.00. The highest BCUT2D eigenvalue weighted by Crippen LogP contribution is 2.49. The van der Waals surface area contributed by atoms with Crippen LogP contribution in [0.5, 0.6) is 0 Å². The number of hydrogen-bond acceptors (Lipinski definition) is 2. The molecule has 0 aromatic heterocycles. The molecule has 0 saturated heterocycles. The fraction of sp³-hybridized carbons (Fsp3) is 0.462. The summed E-state index contributed by atoms with van der Waals surface area (Å²) in [5.41, 5.74) is 0.922. The quantitative estimate of drug-likeness (QED) is 0.584. The number of hydrogen-bond donors (Lipinski definition) is 0. The maximum Gasteiger partial charge on any atom is 0.249 e. The van der Waals surface area contributed by atoms with Crippen molar-refractivity contribution in [3.8, 4) is 0 Å². The molecule has 17 heavy (non-hydrogen) atoms. The number of isocyanates is 1. The molecule has 0 aliphatic heterocycles. The first-order valence-electron chi connectivity index (χ1n) is 5.51. The molecular formula is C13H13F2NO. The molecule has 0 radical (unpaired) electrons. The van der Waals surface area contributed by atoms with Gasteiger partial charge in [-0.05, 0) is 30.9 Å². The van der Waals surface area contributed by atoms with Crippen molar-refractivity contribution in [1.29, 1.82) is 0 Å². The first-order chi connectivity index (χ1) is 7.95. The Balaban J connectivity index is 2.26. The van der Waals surface area contributed by atoms with Crippen molar-refractivity contribution >= 4 is 6.08 Å². The number of benzene rings is 1. The second kappa shape index (κ2) is 4.04. The predicted octanol–water partition coefficient (Wildman–Crippen LogP) is 3.21. The van der Waals surface area contributed by atoms with E-state index in [-0.39, 0.29) is 6.42 Å². The summed E-state index contributed by atoms with van der Waals surface area (Å²) < 4.78 is 25.8. The van der Waals surface area contributed by atoms with Gasteiger partial charge >= 0.3 is 0 Å². The van der Waals surface area contributed by atoms with Crippen molar-refractivity contribution in [2.75, 3.05) is 0 Å². The maximum atomic E-state index is 12.9.